The van der Waals surface area contributed by atoms with Crippen LogP contribution in [0.5, 0.6) is 0 Å². The summed E-state index contributed by atoms with van der Waals surface area (Å²) in [5.41, 5.74) is 1.13. The maximum Gasteiger partial charge on any atom is 0.0532 e. The summed E-state index contributed by atoms with van der Waals surface area (Å²) in [4.78, 5) is 0.986. The minimum atomic E-state index is -0.841. The van der Waals surface area contributed by atoms with Crippen LogP contribution in [-0.2, 0) is 10.8 Å². The van der Waals surface area contributed by atoms with E-state index in [2.05, 4.69) is 12.2 Å². The Morgan fingerprint density at radius 3 is 2.69 bits per heavy atom. The summed E-state index contributed by atoms with van der Waals surface area (Å²) in [6, 6.07) is 8.43. The monoisotopic (exact) mass is 239 g/mol. The van der Waals surface area contributed by atoms with Crippen molar-refractivity contribution < 1.29 is 4.21 Å². The zero-order valence-corrected chi connectivity index (χ0v) is 11.1. The van der Waals surface area contributed by atoms with E-state index < -0.39 is 10.8 Å². The van der Waals surface area contributed by atoms with Gasteiger partial charge in [-0.05, 0) is 45.4 Å². The van der Waals surface area contributed by atoms with Gasteiger partial charge in [-0.15, -0.1) is 0 Å². The molecule has 1 aromatic carbocycles. The molecule has 0 radical (unpaired) electrons. The molecule has 0 heterocycles. The molecular formula is C13H21NOS. The van der Waals surface area contributed by atoms with Gasteiger partial charge in [0.25, 0.3) is 0 Å². The minimum absolute atomic E-state index is 0.508. The summed E-state index contributed by atoms with van der Waals surface area (Å²) in [7, 11) is 1.12. The van der Waals surface area contributed by atoms with Gasteiger partial charge in [-0.3, -0.25) is 4.21 Å². The Kier molecular flexibility index (Phi) is 5.71. The van der Waals surface area contributed by atoms with Gasteiger partial charge in [-0.25, -0.2) is 0 Å². The third-order valence-corrected chi connectivity index (χ3v) is 4.41. The Balaban J connectivity index is 2.44. The highest BCUT2D eigenvalue weighted by Gasteiger charge is 2.07. The summed E-state index contributed by atoms with van der Waals surface area (Å²) in [5, 5.41) is 3.19. The van der Waals surface area contributed by atoms with Crippen LogP contribution in [0.3, 0.4) is 0 Å². The first kappa shape index (κ1) is 13.4. The van der Waals surface area contributed by atoms with Crippen molar-refractivity contribution in [2.75, 3.05) is 12.8 Å². The second-order valence-electron chi connectivity index (χ2n) is 4.15. The maximum atomic E-state index is 12.0. The van der Waals surface area contributed by atoms with Crippen LogP contribution in [0.1, 0.15) is 25.3 Å². The zero-order chi connectivity index (χ0) is 12.0. The van der Waals surface area contributed by atoms with E-state index in [1.807, 2.05) is 38.2 Å². The fraction of sp³-hybridized carbons (Fsp3) is 0.538. The summed E-state index contributed by atoms with van der Waals surface area (Å²) >= 11 is 0. The first-order valence-electron chi connectivity index (χ1n) is 5.76. The molecule has 2 atom stereocenters. The van der Waals surface area contributed by atoms with E-state index >= 15 is 0 Å². The molecule has 0 fully saturated rings. The lowest BCUT2D eigenvalue weighted by atomic mass is 10.2. The zero-order valence-electron chi connectivity index (χ0n) is 10.3. The lowest BCUT2D eigenvalue weighted by Crippen LogP contribution is -2.21. The van der Waals surface area contributed by atoms with Crippen LogP contribution in [0.25, 0.3) is 0 Å². The van der Waals surface area contributed by atoms with Crippen LogP contribution >= 0.6 is 0 Å². The average Bonchev–Trinajstić information content (AvgIpc) is 2.29. The lowest BCUT2D eigenvalue weighted by molar-refractivity contribution is 0.557. The van der Waals surface area contributed by atoms with E-state index in [0.717, 1.165) is 29.1 Å². The largest absolute Gasteiger partial charge is 0.317 e. The van der Waals surface area contributed by atoms with Crippen molar-refractivity contribution in [2.45, 2.75) is 37.6 Å². The molecule has 1 N–H and O–H groups in total. The van der Waals surface area contributed by atoms with Gasteiger partial charge in [0.1, 0.15) is 0 Å². The molecule has 0 bridgehead atoms. The average molecular weight is 239 g/mol. The smallest absolute Gasteiger partial charge is 0.0532 e. The molecule has 0 saturated heterocycles. The number of aryl methyl sites for hydroxylation is 1. The van der Waals surface area contributed by atoms with Crippen molar-refractivity contribution in [1.82, 2.24) is 5.32 Å². The van der Waals surface area contributed by atoms with Crippen molar-refractivity contribution in [3.63, 3.8) is 0 Å². The van der Waals surface area contributed by atoms with Crippen molar-refractivity contribution in [3.8, 4) is 0 Å². The molecule has 0 aliphatic heterocycles. The molecule has 0 spiro atoms. The summed E-state index contributed by atoms with van der Waals surface area (Å²) in [6.07, 6.45) is 2.08. The van der Waals surface area contributed by atoms with E-state index in [-0.39, 0.29) is 0 Å². The number of rotatable bonds is 6. The molecule has 90 valence electrons. The number of hydrogen-bond donors (Lipinski definition) is 1. The molecule has 0 amide bonds. The summed E-state index contributed by atoms with van der Waals surface area (Å²) < 4.78 is 12.0. The molecule has 2 unspecified atom stereocenters. The minimum Gasteiger partial charge on any atom is -0.317 e. The predicted octanol–water partition coefficient (Wildman–Crippen LogP) is 2.49. The van der Waals surface area contributed by atoms with Crippen molar-refractivity contribution >= 4 is 10.8 Å². The van der Waals surface area contributed by atoms with E-state index in [4.69, 9.17) is 0 Å². The third kappa shape index (κ3) is 4.06. The van der Waals surface area contributed by atoms with Crippen molar-refractivity contribution in [2.24, 2.45) is 0 Å². The van der Waals surface area contributed by atoms with Gasteiger partial charge in [0.2, 0.25) is 0 Å². The third-order valence-electron chi connectivity index (χ3n) is 2.80. The normalized spacial score (nSPS) is 14.7. The molecule has 0 aliphatic rings. The second-order valence-corrected chi connectivity index (χ2v) is 5.69. The van der Waals surface area contributed by atoms with Crippen molar-refractivity contribution in [1.29, 1.82) is 0 Å². The fourth-order valence-electron chi connectivity index (χ4n) is 1.59. The molecule has 2 nitrogen and oxygen atoms in total. The number of nitrogens with one attached hydrogen (secondary N) is 1. The van der Waals surface area contributed by atoms with Crippen LogP contribution in [0, 0.1) is 6.92 Å². The standard InChI is InChI=1S/C13H21NOS/c1-11-7-4-5-9-13(11)16(15)10-6-8-12(2)14-3/h4-5,7,9,12,14H,6,8,10H2,1-3H3. The van der Waals surface area contributed by atoms with Gasteiger partial charge in [-0.2, -0.15) is 0 Å². The van der Waals surface area contributed by atoms with Crippen molar-refractivity contribution in [3.05, 3.63) is 29.8 Å². The second kappa shape index (κ2) is 6.81. The van der Waals surface area contributed by atoms with Crippen LogP contribution in [0.4, 0.5) is 0 Å². The van der Waals surface area contributed by atoms with Crippen LogP contribution in [0.15, 0.2) is 29.2 Å². The van der Waals surface area contributed by atoms with E-state index in [1.165, 1.54) is 0 Å². The SMILES string of the molecule is CNC(C)CCCS(=O)c1ccccc1C. The number of hydrogen-bond acceptors (Lipinski definition) is 2. The van der Waals surface area contributed by atoms with Gasteiger partial charge < -0.3 is 5.32 Å². The highest BCUT2D eigenvalue weighted by molar-refractivity contribution is 7.85. The van der Waals surface area contributed by atoms with Gasteiger partial charge in [-0.1, -0.05) is 18.2 Å². The Morgan fingerprint density at radius 1 is 1.38 bits per heavy atom. The number of benzene rings is 1. The van der Waals surface area contributed by atoms with Crippen LogP contribution in [0.2, 0.25) is 0 Å². The Labute approximate surface area is 101 Å². The molecule has 0 aromatic heterocycles. The quantitative estimate of drug-likeness (QED) is 0.826. The molecule has 0 saturated carbocycles. The van der Waals surface area contributed by atoms with E-state index in [9.17, 15) is 4.21 Å². The lowest BCUT2D eigenvalue weighted by Gasteiger charge is -2.10. The molecule has 1 rings (SSSR count). The molecule has 16 heavy (non-hydrogen) atoms. The van der Waals surface area contributed by atoms with Gasteiger partial charge in [0.05, 0.1) is 10.8 Å². The van der Waals surface area contributed by atoms with Crippen LogP contribution < -0.4 is 5.32 Å². The van der Waals surface area contributed by atoms with E-state index in [1.54, 1.807) is 0 Å². The Bertz CT molecular complexity index is 352. The molecule has 0 aliphatic carbocycles. The van der Waals surface area contributed by atoms with E-state index in [0.29, 0.717) is 6.04 Å². The molecular weight excluding hydrogens is 218 g/mol. The Morgan fingerprint density at radius 2 is 2.06 bits per heavy atom. The molecule has 1 aromatic rings. The highest BCUT2D eigenvalue weighted by Crippen LogP contribution is 2.13. The van der Waals surface area contributed by atoms with Gasteiger partial charge in [0.15, 0.2) is 0 Å². The van der Waals surface area contributed by atoms with Gasteiger partial charge in [0, 0.05) is 16.7 Å². The first-order valence-corrected chi connectivity index (χ1v) is 7.08. The fourth-order valence-corrected chi connectivity index (χ4v) is 2.89. The topological polar surface area (TPSA) is 29.1 Å². The summed E-state index contributed by atoms with van der Waals surface area (Å²) in [5.74, 6) is 0.761. The van der Waals surface area contributed by atoms with Gasteiger partial charge >= 0.3 is 0 Å². The van der Waals surface area contributed by atoms with Crippen LogP contribution in [-0.4, -0.2) is 23.1 Å². The summed E-state index contributed by atoms with van der Waals surface area (Å²) in [6.45, 7) is 4.17. The Hall–Kier alpha value is -0.670. The highest BCUT2D eigenvalue weighted by atomic mass is 32.2. The maximum absolute atomic E-state index is 12.0. The predicted molar refractivity (Wildman–Crippen MR) is 70.2 cm³/mol. The molecule has 3 heteroatoms. The first-order chi connectivity index (χ1) is 7.65.